The number of hydrogen-bond acceptors (Lipinski definition) is 9. The average Bonchev–Trinajstić information content (AvgIpc) is 1.42. The van der Waals surface area contributed by atoms with Gasteiger partial charge in [-0.05, 0) is 0 Å². The Bertz CT molecular complexity index is 415. The summed E-state index contributed by atoms with van der Waals surface area (Å²) in [4.78, 5) is 0. The van der Waals surface area contributed by atoms with Gasteiger partial charge in [0.25, 0.3) is 0 Å². The number of rotatable bonds is 2. The summed E-state index contributed by atoms with van der Waals surface area (Å²) in [5.74, 6) is 0. The van der Waals surface area contributed by atoms with Crippen LogP contribution in [-0.2, 0) is 55.7 Å². The molecule has 0 spiro atoms. The summed E-state index contributed by atoms with van der Waals surface area (Å²) in [5.41, 5.74) is 0. The van der Waals surface area contributed by atoms with E-state index in [2.05, 4.69) is 2.84 Å². The Balaban J connectivity index is -0.0000000359. The Hall–Kier alpha value is 1.93. The zero-order chi connectivity index (χ0) is 12.2. The molecule has 0 bridgehead atoms. The van der Waals surface area contributed by atoms with Crippen LogP contribution in [0.2, 0.25) is 0 Å². The molecule has 0 radical (unpaired) electrons. The van der Waals surface area contributed by atoms with Crippen LogP contribution in [0.1, 0.15) is 0 Å². The van der Waals surface area contributed by atoms with Crippen molar-refractivity contribution in [1.29, 1.82) is 0 Å². The van der Waals surface area contributed by atoms with Crippen molar-refractivity contribution >= 4 is 10.4 Å². The van der Waals surface area contributed by atoms with E-state index < -0.39 is 37.6 Å². The molecule has 0 amide bonds. The molecule has 13 nitrogen and oxygen atoms in total. The van der Waals surface area contributed by atoms with Gasteiger partial charge in [-0.15, -0.1) is 0 Å². The monoisotopic (exact) mass is 396 g/mol. The molecule has 0 rings (SSSR count). The van der Waals surface area contributed by atoms with Crippen molar-refractivity contribution in [2.45, 2.75) is 0 Å². The summed E-state index contributed by atoms with van der Waals surface area (Å²) in [6.45, 7) is 0. The first-order valence-corrected chi connectivity index (χ1v) is 7.59. The SMILES string of the molecule is O.O.O=S(=O)(O)O.[Na+].[Na+].[O]=[Cr](=[O])([O-])[O][Cr](=[O])(=[O])[O-]. The Kier molecular flexibility index (Phi) is 28.4. The Morgan fingerprint density at radius 1 is 0.833 bits per heavy atom. The molecule has 0 aromatic carbocycles. The van der Waals surface area contributed by atoms with Crippen molar-refractivity contribution in [2.24, 2.45) is 0 Å². The zero-order valence-electron chi connectivity index (χ0n) is 8.79. The van der Waals surface area contributed by atoms with Crippen LogP contribution in [0.15, 0.2) is 0 Å². The zero-order valence-corrected chi connectivity index (χ0v) is 16.2. The summed E-state index contributed by atoms with van der Waals surface area (Å²) < 4.78 is 90.5. The molecule has 0 aliphatic carbocycles. The van der Waals surface area contributed by atoms with Crippen LogP contribution in [-0.4, -0.2) is 28.5 Å². The van der Waals surface area contributed by atoms with Gasteiger partial charge in [0.15, 0.2) is 0 Å². The molecule has 18 heavy (non-hydrogen) atoms. The van der Waals surface area contributed by atoms with E-state index in [1.807, 2.05) is 0 Å². The van der Waals surface area contributed by atoms with Crippen LogP contribution in [0, 0.1) is 0 Å². The summed E-state index contributed by atoms with van der Waals surface area (Å²) in [5, 5.41) is 0. The average molecular weight is 396 g/mol. The fraction of sp³-hybridized carbons (Fsp3) is 0. The van der Waals surface area contributed by atoms with Gasteiger partial charge in [0, 0.05) is 0 Å². The van der Waals surface area contributed by atoms with Crippen molar-refractivity contribution < 1.29 is 141 Å². The second-order valence-corrected chi connectivity index (χ2v) is 5.87. The molecule has 0 aliphatic heterocycles. The molecule has 6 N–H and O–H groups in total. The third-order valence-corrected chi connectivity index (χ3v) is 2.83. The predicted molar refractivity (Wildman–Crippen MR) is 25.2 cm³/mol. The normalized spacial score (nSPS) is 10.0. The third kappa shape index (κ3) is 81.7. The number of hydrogen-bond donors (Lipinski definition) is 2. The van der Waals surface area contributed by atoms with Gasteiger partial charge in [0.2, 0.25) is 0 Å². The van der Waals surface area contributed by atoms with Crippen molar-refractivity contribution in [3.8, 4) is 0 Å². The standard InChI is InChI=1S/2Cr.2Na.H2O4S.2H2O.7O/c;;;;1-5(2,3)4;;;;;;;;;/h;;;;(H2,1,2,3,4);2*1H2;;;;;;;/q;;2*+1;;;;;;;;;2*-1. The van der Waals surface area contributed by atoms with Crippen LogP contribution in [0.3, 0.4) is 0 Å². The second-order valence-electron chi connectivity index (χ2n) is 1.33. The van der Waals surface area contributed by atoms with Crippen molar-refractivity contribution in [2.75, 3.05) is 0 Å². The van der Waals surface area contributed by atoms with E-state index in [9.17, 15) is 23.5 Å². The Labute approximate surface area is 149 Å². The predicted octanol–water partition coefficient (Wildman–Crippen LogP) is -11.2. The van der Waals surface area contributed by atoms with Crippen LogP contribution in [0.25, 0.3) is 0 Å². The topological polar surface area (TPSA) is 261 Å². The van der Waals surface area contributed by atoms with Crippen LogP contribution in [0.4, 0.5) is 0 Å². The molecule has 0 heterocycles. The van der Waals surface area contributed by atoms with Crippen molar-refractivity contribution in [1.82, 2.24) is 0 Å². The van der Waals surface area contributed by atoms with E-state index in [1.165, 1.54) is 0 Å². The van der Waals surface area contributed by atoms with Gasteiger partial charge in [-0.25, -0.2) is 0 Å². The van der Waals surface area contributed by atoms with Gasteiger partial charge in [0.1, 0.15) is 0 Å². The maximum absolute atomic E-state index is 9.38. The van der Waals surface area contributed by atoms with E-state index in [1.54, 1.807) is 0 Å². The summed E-state index contributed by atoms with van der Waals surface area (Å²) in [6, 6.07) is 0. The van der Waals surface area contributed by atoms with E-state index in [0.717, 1.165) is 0 Å². The molecule has 0 atom stereocenters. The van der Waals surface area contributed by atoms with Crippen LogP contribution < -0.4 is 67.4 Å². The fourth-order valence-electron chi connectivity index (χ4n) is 0.102. The quantitative estimate of drug-likeness (QED) is 0.327. The van der Waals surface area contributed by atoms with E-state index in [4.69, 9.17) is 17.5 Å². The molecule has 0 fully saturated rings. The summed E-state index contributed by atoms with van der Waals surface area (Å²) in [7, 11) is -4.67. The van der Waals surface area contributed by atoms with E-state index in [0.29, 0.717) is 0 Å². The molecule has 104 valence electrons. The van der Waals surface area contributed by atoms with Gasteiger partial charge in [-0.3, -0.25) is 9.11 Å². The third-order valence-electron chi connectivity index (χ3n) is 0.167. The first-order valence-electron chi connectivity index (χ1n) is 2.03. The van der Waals surface area contributed by atoms with Crippen molar-refractivity contribution in [3.05, 3.63) is 0 Å². The molecular formula is H6Cr2Na2O13S. The minimum absolute atomic E-state index is 0. The van der Waals surface area contributed by atoms with E-state index >= 15 is 0 Å². The van der Waals surface area contributed by atoms with Crippen LogP contribution >= 0.6 is 0 Å². The van der Waals surface area contributed by atoms with Crippen LogP contribution in [0.5, 0.6) is 0 Å². The first-order chi connectivity index (χ1) is 5.71. The molecule has 0 unspecified atom stereocenters. The van der Waals surface area contributed by atoms with Crippen molar-refractivity contribution in [3.63, 3.8) is 0 Å². The van der Waals surface area contributed by atoms with Gasteiger partial charge >= 0.3 is 123 Å². The molecule has 18 heteroatoms. The van der Waals surface area contributed by atoms with Gasteiger partial charge in [0.05, 0.1) is 0 Å². The van der Waals surface area contributed by atoms with Gasteiger partial charge in [-0.2, -0.15) is 8.42 Å². The molecular weight excluding hydrogens is 390 g/mol. The second kappa shape index (κ2) is 13.9. The summed E-state index contributed by atoms with van der Waals surface area (Å²) in [6.07, 6.45) is 0. The maximum atomic E-state index is 9.38. The molecule has 0 aromatic rings. The molecule has 0 aromatic heterocycles. The Morgan fingerprint density at radius 3 is 0.944 bits per heavy atom. The fourth-order valence-corrected chi connectivity index (χ4v) is 1.74. The molecule has 0 saturated heterocycles. The van der Waals surface area contributed by atoms with E-state index in [-0.39, 0.29) is 70.1 Å². The molecule has 0 saturated carbocycles. The Morgan fingerprint density at radius 2 is 0.944 bits per heavy atom. The summed E-state index contributed by atoms with van der Waals surface area (Å²) >= 11 is -12.1. The minimum atomic E-state index is -6.07. The molecule has 0 aliphatic rings. The van der Waals surface area contributed by atoms with Gasteiger partial charge < -0.3 is 11.0 Å². The van der Waals surface area contributed by atoms with Gasteiger partial charge in [-0.1, -0.05) is 0 Å². The first kappa shape index (κ1) is 36.8.